The first-order valence-electron chi connectivity index (χ1n) is 6.26. The van der Waals surface area contributed by atoms with Crippen LogP contribution in [0.25, 0.3) is 11.5 Å². The summed E-state index contributed by atoms with van der Waals surface area (Å²) in [6, 6.07) is 14.3. The number of carbonyl (C=O) groups excluding carboxylic acids is 1. The zero-order chi connectivity index (χ0) is 15.1. The van der Waals surface area contributed by atoms with Gasteiger partial charge in [-0.05, 0) is 30.3 Å². The normalized spacial score (nSPS) is 9.52. The van der Waals surface area contributed by atoms with Crippen molar-refractivity contribution in [2.45, 2.75) is 0 Å². The Labute approximate surface area is 122 Å². The van der Waals surface area contributed by atoms with E-state index in [4.69, 9.17) is 15.9 Å². The lowest BCUT2D eigenvalue weighted by Crippen LogP contribution is -1.86. The summed E-state index contributed by atoms with van der Waals surface area (Å²) in [5.41, 5.74) is 13.6. The van der Waals surface area contributed by atoms with Crippen LogP contribution in [0.4, 0.5) is 11.4 Å². The minimum Gasteiger partial charge on any atom is -0.445 e. The first-order valence-corrected chi connectivity index (χ1v) is 6.26. The second-order valence-corrected chi connectivity index (χ2v) is 4.21. The Balaban J connectivity index is 0.000000173. The van der Waals surface area contributed by atoms with Crippen molar-refractivity contribution in [2.75, 3.05) is 11.5 Å². The van der Waals surface area contributed by atoms with Crippen LogP contribution < -0.4 is 11.5 Å². The molecule has 0 atom stereocenters. The molecule has 0 spiro atoms. The van der Waals surface area contributed by atoms with Crippen LogP contribution in [0, 0.1) is 0 Å². The Hall–Kier alpha value is -3.08. The maximum Gasteiger partial charge on any atom is 0.226 e. The summed E-state index contributed by atoms with van der Waals surface area (Å²) < 4.78 is 5.09. The number of anilines is 2. The van der Waals surface area contributed by atoms with Gasteiger partial charge in [0, 0.05) is 22.5 Å². The highest BCUT2D eigenvalue weighted by Gasteiger charge is 2.06. The van der Waals surface area contributed by atoms with Gasteiger partial charge in [-0.1, -0.05) is 18.2 Å². The molecule has 0 radical (unpaired) electrons. The molecule has 0 fully saturated rings. The zero-order valence-corrected chi connectivity index (χ0v) is 11.3. The van der Waals surface area contributed by atoms with Crippen LogP contribution in [-0.2, 0) is 0 Å². The number of carbonyl (C=O) groups is 1. The smallest absolute Gasteiger partial charge is 0.226 e. The van der Waals surface area contributed by atoms with Gasteiger partial charge in [-0.2, -0.15) is 0 Å². The van der Waals surface area contributed by atoms with Crippen LogP contribution in [0.15, 0.2) is 65.4 Å². The molecule has 3 aromatic rings. The molecule has 0 aliphatic heterocycles. The molecule has 0 aliphatic rings. The topological polar surface area (TPSA) is 95.1 Å². The number of nitrogen functional groups attached to an aromatic ring is 2. The van der Waals surface area contributed by atoms with E-state index < -0.39 is 0 Å². The number of hydrogen-bond donors (Lipinski definition) is 2. The maximum absolute atomic E-state index is 10.7. The highest BCUT2D eigenvalue weighted by atomic mass is 16.3. The van der Waals surface area contributed by atoms with E-state index >= 15 is 0 Å². The molecule has 2 aromatic carbocycles. The quantitative estimate of drug-likeness (QED) is 0.556. The molecule has 0 amide bonds. The van der Waals surface area contributed by atoms with Gasteiger partial charge in [-0.25, -0.2) is 4.98 Å². The summed E-state index contributed by atoms with van der Waals surface area (Å²) in [5.74, 6) is 0.475. The Bertz CT molecular complexity index is 671. The summed E-state index contributed by atoms with van der Waals surface area (Å²) in [4.78, 5) is 14.6. The molecule has 0 aliphatic carbocycles. The van der Waals surface area contributed by atoms with Gasteiger partial charge < -0.3 is 15.9 Å². The first kappa shape index (κ1) is 14.3. The summed E-state index contributed by atoms with van der Waals surface area (Å²) >= 11 is 0. The van der Waals surface area contributed by atoms with Crippen molar-refractivity contribution in [3.8, 4) is 11.5 Å². The Kier molecular flexibility index (Phi) is 4.71. The predicted molar refractivity (Wildman–Crippen MR) is 82.6 cm³/mol. The average molecular weight is 281 g/mol. The maximum atomic E-state index is 10.7. The van der Waals surface area contributed by atoms with E-state index in [2.05, 4.69) is 4.98 Å². The molecular weight excluding hydrogens is 266 g/mol. The van der Waals surface area contributed by atoms with E-state index in [1.54, 1.807) is 48.7 Å². The van der Waals surface area contributed by atoms with E-state index in [1.807, 2.05) is 6.07 Å². The van der Waals surface area contributed by atoms with Crippen LogP contribution in [0.5, 0.6) is 0 Å². The van der Waals surface area contributed by atoms with Crippen molar-refractivity contribution in [1.29, 1.82) is 0 Å². The fourth-order valence-electron chi connectivity index (χ4n) is 1.65. The molecule has 0 saturated carbocycles. The molecule has 1 aromatic heterocycles. The zero-order valence-electron chi connectivity index (χ0n) is 11.3. The molecule has 3 rings (SSSR count). The third kappa shape index (κ3) is 3.94. The fraction of sp³-hybridized carbons (Fsp3) is 0. The van der Waals surface area contributed by atoms with Gasteiger partial charge in [0.25, 0.3) is 0 Å². The van der Waals surface area contributed by atoms with Gasteiger partial charge in [0.05, 0.1) is 6.20 Å². The Morgan fingerprint density at radius 1 is 0.952 bits per heavy atom. The number of oxazole rings is 1. The average Bonchev–Trinajstić information content (AvgIpc) is 3.05. The van der Waals surface area contributed by atoms with Gasteiger partial charge >= 0.3 is 0 Å². The second-order valence-electron chi connectivity index (χ2n) is 4.21. The second kappa shape index (κ2) is 6.91. The fourth-order valence-corrected chi connectivity index (χ4v) is 1.65. The van der Waals surface area contributed by atoms with Crippen LogP contribution in [0.1, 0.15) is 10.4 Å². The van der Waals surface area contributed by atoms with Gasteiger partial charge in [0.15, 0.2) is 6.29 Å². The largest absolute Gasteiger partial charge is 0.445 e. The lowest BCUT2D eigenvalue weighted by molar-refractivity contribution is 0.112. The van der Waals surface area contributed by atoms with Crippen molar-refractivity contribution < 1.29 is 9.21 Å². The van der Waals surface area contributed by atoms with E-state index in [0.717, 1.165) is 23.2 Å². The molecular formula is C16H15N3O2. The van der Waals surface area contributed by atoms with Gasteiger partial charge in [-0.3, -0.25) is 4.79 Å². The standard InChI is InChI=1S/C10H7NO2.C6H8N2/c12-7-8-3-1-2-4-9(8)10-11-5-6-13-10;7-5-1-2-6(8)4-3-5/h1-7H;1-4H,7-8H2. The molecule has 21 heavy (non-hydrogen) atoms. The van der Waals surface area contributed by atoms with Crippen molar-refractivity contribution >= 4 is 17.7 Å². The summed E-state index contributed by atoms with van der Waals surface area (Å²) in [6.45, 7) is 0. The molecule has 4 N–H and O–H groups in total. The Morgan fingerprint density at radius 2 is 1.57 bits per heavy atom. The number of aromatic nitrogens is 1. The number of rotatable bonds is 2. The molecule has 0 unspecified atom stereocenters. The molecule has 5 heteroatoms. The highest BCUT2D eigenvalue weighted by molar-refractivity contribution is 5.85. The summed E-state index contributed by atoms with van der Waals surface area (Å²) in [7, 11) is 0. The minimum atomic E-state index is 0.475. The Morgan fingerprint density at radius 3 is 2.10 bits per heavy atom. The highest BCUT2D eigenvalue weighted by Crippen LogP contribution is 2.19. The van der Waals surface area contributed by atoms with E-state index in [0.29, 0.717) is 11.5 Å². The lowest BCUT2D eigenvalue weighted by Gasteiger charge is -1.97. The third-order valence-corrected chi connectivity index (χ3v) is 2.69. The minimum absolute atomic E-state index is 0.475. The van der Waals surface area contributed by atoms with Gasteiger partial charge in [-0.15, -0.1) is 0 Å². The van der Waals surface area contributed by atoms with Crippen LogP contribution in [0.3, 0.4) is 0 Å². The van der Waals surface area contributed by atoms with Crippen molar-refractivity contribution in [2.24, 2.45) is 0 Å². The van der Waals surface area contributed by atoms with Crippen molar-refractivity contribution in [3.05, 3.63) is 66.6 Å². The van der Waals surface area contributed by atoms with E-state index in [1.165, 1.54) is 6.26 Å². The van der Waals surface area contributed by atoms with Gasteiger partial charge in [0.1, 0.15) is 6.26 Å². The number of nitrogens with two attached hydrogens (primary N) is 2. The first-order chi connectivity index (χ1) is 10.2. The van der Waals surface area contributed by atoms with Crippen molar-refractivity contribution in [1.82, 2.24) is 4.98 Å². The van der Waals surface area contributed by atoms with Crippen LogP contribution in [0.2, 0.25) is 0 Å². The monoisotopic (exact) mass is 281 g/mol. The molecule has 1 heterocycles. The van der Waals surface area contributed by atoms with Gasteiger partial charge in [0.2, 0.25) is 5.89 Å². The summed E-state index contributed by atoms with van der Waals surface area (Å²) in [5, 5.41) is 0. The van der Waals surface area contributed by atoms with Crippen LogP contribution in [-0.4, -0.2) is 11.3 Å². The lowest BCUT2D eigenvalue weighted by atomic mass is 10.1. The van der Waals surface area contributed by atoms with Crippen LogP contribution >= 0.6 is 0 Å². The van der Waals surface area contributed by atoms with Crippen molar-refractivity contribution in [3.63, 3.8) is 0 Å². The predicted octanol–water partition coefficient (Wildman–Crippen LogP) is 3.01. The third-order valence-electron chi connectivity index (χ3n) is 2.69. The van der Waals surface area contributed by atoms with E-state index in [9.17, 15) is 4.79 Å². The number of aldehydes is 1. The van der Waals surface area contributed by atoms with E-state index in [-0.39, 0.29) is 0 Å². The molecule has 0 saturated heterocycles. The SMILES string of the molecule is Nc1ccc(N)cc1.O=Cc1ccccc1-c1ncco1. The molecule has 0 bridgehead atoms. The molecule has 106 valence electrons. The number of hydrogen-bond acceptors (Lipinski definition) is 5. The number of nitrogens with zero attached hydrogens (tertiary/aromatic N) is 1. The summed E-state index contributed by atoms with van der Waals surface area (Å²) in [6.07, 6.45) is 3.83. The number of benzene rings is 2. The molecule has 5 nitrogen and oxygen atoms in total.